The maximum Gasteiger partial charge on any atom is 0.338 e. The number of esters is 1. The summed E-state index contributed by atoms with van der Waals surface area (Å²) >= 11 is 1.60. The van der Waals surface area contributed by atoms with E-state index in [9.17, 15) is 4.79 Å². The predicted octanol–water partition coefficient (Wildman–Crippen LogP) is 3.49. The van der Waals surface area contributed by atoms with Crippen LogP contribution >= 0.6 is 11.3 Å². The molecule has 0 N–H and O–H groups in total. The minimum absolute atomic E-state index is 0.319. The molecule has 0 aliphatic carbocycles. The van der Waals surface area contributed by atoms with Crippen molar-refractivity contribution in [1.29, 1.82) is 0 Å². The third kappa shape index (κ3) is 2.11. The van der Waals surface area contributed by atoms with E-state index in [1.54, 1.807) is 24.5 Å². The highest BCUT2D eigenvalue weighted by Crippen LogP contribution is 2.33. The zero-order valence-corrected chi connectivity index (χ0v) is 11.3. The van der Waals surface area contributed by atoms with Gasteiger partial charge >= 0.3 is 5.97 Å². The Morgan fingerprint density at radius 1 is 1.33 bits per heavy atom. The Morgan fingerprint density at radius 2 is 2.11 bits per heavy atom. The molecule has 1 aromatic heterocycles. The number of fused-ring (bicyclic) bond motifs is 1. The molecule has 0 radical (unpaired) electrons. The van der Waals surface area contributed by atoms with Crippen molar-refractivity contribution >= 4 is 33.0 Å². The van der Waals surface area contributed by atoms with Gasteiger partial charge in [-0.3, -0.25) is 0 Å². The lowest BCUT2D eigenvalue weighted by molar-refractivity contribution is -0.133. The van der Waals surface area contributed by atoms with E-state index in [4.69, 9.17) is 9.47 Å². The fourth-order valence-corrected chi connectivity index (χ4v) is 2.78. The van der Waals surface area contributed by atoms with Gasteiger partial charge in [0.1, 0.15) is 5.75 Å². The molecule has 18 heavy (non-hydrogen) atoms. The number of ether oxygens (including phenoxy) is 2. The molecule has 0 amide bonds. The van der Waals surface area contributed by atoms with E-state index in [1.807, 2.05) is 30.5 Å². The van der Waals surface area contributed by atoms with E-state index in [0.29, 0.717) is 5.57 Å². The monoisotopic (exact) mass is 262 g/mol. The summed E-state index contributed by atoms with van der Waals surface area (Å²) in [6.45, 7) is 1.83. The summed E-state index contributed by atoms with van der Waals surface area (Å²) in [4.78, 5) is 11.7. The highest BCUT2D eigenvalue weighted by molar-refractivity contribution is 7.17. The smallest absolute Gasteiger partial charge is 0.338 e. The van der Waals surface area contributed by atoms with E-state index in [-0.39, 0.29) is 5.97 Å². The normalized spacial score (nSPS) is 11.6. The van der Waals surface area contributed by atoms with Crippen LogP contribution in [0.3, 0.4) is 0 Å². The van der Waals surface area contributed by atoms with Gasteiger partial charge in [0.2, 0.25) is 0 Å². The Kier molecular flexibility index (Phi) is 3.67. The number of methoxy groups -OCH3 is 2. The summed E-state index contributed by atoms with van der Waals surface area (Å²) < 4.78 is 11.1. The molecule has 1 heterocycles. The second-order valence-corrected chi connectivity index (χ2v) is 4.62. The lowest BCUT2D eigenvalue weighted by Crippen LogP contribution is -2.03. The number of carbonyl (C=O) groups excluding carboxylic acids is 1. The number of rotatable bonds is 3. The molecule has 2 rings (SSSR count). The molecular formula is C14H14O3S. The second kappa shape index (κ2) is 5.23. The number of benzene rings is 1. The molecule has 0 spiro atoms. The van der Waals surface area contributed by atoms with Gasteiger partial charge in [-0.05, 0) is 25.1 Å². The van der Waals surface area contributed by atoms with Crippen LogP contribution in [0.2, 0.25) is 0 Å². The molecule has 0 aliphatic heterocycles. The van der Waals surface area contributed by atoms with Crippen LogP contribution in [0.15, 0.2) is 29.7 Å². The van der Waals surface area contributed by atoms with Gasteiger partial charge in [0.25, 0.3) is 0 Å². The summed E-state index contributed by atoms with van der Waals surface area (Å²) in [6.07, 6.45) is 1.77. The molecule has 2 aromatic rings. The van der Waals surface area contributed by atoms with Crippen LogP contribution < -0.4 is 4.74 Å². The average molecular weight is 262 g/mol. The Balaban J connectivity index is 2.60. The van der Waals surface area contributed by atoms with Gasteiger partial charge in [0.15, 0.2) is 0 Å². The molecule has 94 valence electrons. The van der Waals surface area contributed by atoms with Crippen LogP contribution in [0.1, 0.15) is 12.5 Å². The van der Waals surface area contributed by atoms with Gasteiger partial charge in [0, 0.05) is 21.0 Å². The largest absolute Gasteiger partial charge is 0.497 e. The molecule has 1 aromatic carbocycles. The number of hydrogen-bond donors (Lipinski definition) is 0. The van der Waals surface area contributed by atoms with Crippen LogP contribution in [0.5, 0.6) is 5.75 Å². The van der Waals surface area contributed by atoms with Crippen molar-refractivity contribution < 1.29 is 14.3 Å². The summed E-state index contributed by atoms with van der Waals surface area (Å²) in [5.74, 6) is 0.461. The zero-order chi connectivity index (χ0) is 13.1. The number of allylic oxidation sites excluding steroid dienone is 1. The SMILES string of the molecule is CC=C(C(=O)OC)c1csc2ccc(OC)cc12. The van der Waals surface area contributed by atoms with Gasteiger partial charge in [-0.25, -0.2) is 4.79 Å². The molecule has 0 atom stereocenters. The van der Waals surface area contributed by atoms with E-state index >= 15 is 0 Å². The van der Waals surface area contributed by atoms with Crippen LogP contribution in [-0.4, -0.2) is 20.2 Å². The van der Waals surface area contributed by atoms with E-state index in [2.05, 4.69) is 0 Å². The van der Waals surface area contributed by atoms with Crippen molar-refractivity contribution in [3.05, 3.63) is 35.2 Å². The summed E-state index contributed by atoms with van der Waals surface area (Å²) in [6, 6.07) is 5.84. The van der Waals surface area contributed by atoms with Crippen molar-refractivity contribution in [2.75, 3.05) is 14.2 Å². The van der Waals surface area contributed by atoms with E-state index in [0.717, 1.165) is 21.4 Å². The van der Waals surface area contributed by atoms with Gasteiger partial charge in [-0.2, -0.15) is 0 Å². The summed E-state index contributed by atoms with van der Waals surface area (Å²) in [5.41, 5.74) is 1.47. The Hall–Kier alpha value is -1.81. The predicted molar refractivity (Wildman–Crippen MR) is 74.0 cm³/mol. The first-order valence-corrected chi connectivity index (χ1v) is 6.39. The number of thiophene rings is 1. The fraction of sp³-hybridized carbons (Fsp3) is 0.214. The molecule has 0 bridgehead atoms. The molecule has 4 heteroatoms. The summed E-state index contributed by atoms with van der Waals surface area (Å²) in [5, 5.41) is 2.98. The van der Waals surface area contributed by atoms with Crippen molar-refractivity contribution in [3.63, 3.8) is 0 Å². The van der Waals surface area contributed by atoms with Gasteiger partial charge in [0.05, 0.1) is 19.8 Å². The van der Waals surface area contributed by atoms with Crippen molar-refractivity contribution in [2.24, 2.45) is 0 Å². The van der Waals surface area contributed by atoms with Crippen LogP contribution in [-0.2, 0) is 9.53 Å². The standard InChI is InChI=1S/C14H14O3S/c1-4-10(14(15)17-3)12-8-18-13-6-5-9(16-2)7-11(12)13/h4-8H,1-3H3. The third-order valence-corrected chi connectivity index (χ3v) is 3.73. The quantitative estimate of drug-likeness (QED) is 0.627. The maximum absolute atomic E-state index is 11.7. The second-order valence-electron chi connectivity index (χ2n) is 3.71. The molecular weight excluding hydrogens is 248 g/mol. The molecule has 0 fully saturated rings. The summed E-state index contributed by atoms with van der Waals surface area (Å²) in [7, 11) is 3.02. The fourth-order valence-electron chi connectivity index (χ4n) is 1.84. The number of carbonyl (C=O) groups is 1. The molecule has 3 nitrogen and oxygen atoms in total. The van der Waals surface area contributed by atoms with Crippen molar-refractivity contribution in [2.45, 2.75) is 6.92 Å². The van der Waals surface area contributed by atoms with Crippen LogP contribution in [0.4, 0.5) is 0 Å². The van der Waals surface area contributed by atoms with Crippen LogP contribution in [0, 0.1) is 0 Å². The maximum atomic E-state index is 11.7. The first kappa shape index (κ1) is 12.6. The Labute approximate surface area is 110 Å². The lowest BCUT2D eigenvalue weighted by atomic mass is 10.0. The third-order valence-electron chi connectivity index (χ3n) is 2.76. The van der Waals surface area contributed by atoms with E-state index in [1.165, 1.54) is 7.11 Å². The van der Waals surface area contributed by atoms with Gasteiger partial charge in [-0.1, -0.05) is 6.08 Å². The minimum Gasteiger partial charge on any atom is -0.497 e. The Bertz CT molecular complexity index is 611. The molecule has 0 unspecified atom stereocenters. The van der Waals surface area contributed by atoms with Crippen molar-refractivity contribution in [1.82, 2.24) is 0 Å². The first-order chi connectivity index (χ1) is 8.71. The van der Waals surface area contributed by atoms with Crippen molar-refractivity contribution in [3.8, 4) is 5.75 Å². The van der Waals surface area contributed by atoms with Gasteiger partial charge < -0.3 is 9.47 Å². The van der Waals surface area contributed by atoms with Crippen LogP contribution in [0.25, 0.3) is 15.7 Å². The molecule has 0 aliphatic rings. The molecule has 0 saturated carbocycles. The lowest BCUT2D eigenvalue weighted by Gasteiger charge is -2.05. The highest BCUT2D eigenvalue weighted by Gasteiger charge is 2.16. The topological polar surface area (TPSA) is 35.5 Å². The first-order valence-electron chi connectivity index (χ1n) is 5.51. The minimum atomic E-state index is -0.319. The highest BCUT2D eigenvalue weighted by atomic mass is 32.1. The molecule has 0 saturated heterocycles. The number of hydrogen-bond acceptors (Lipinski definition) is 4. The Morgan fingerprint density at radius 3 is 2.72 bits per heavy atom. The van der Waals surface area contributed by atoms with E-state index < -0.39 is 0 Å². The van der Waals surface area contributed by atoms with Gasteiger partial charge in [-0.15, -0.1) is 11.3 Å². The zero-order valence-electron chi connectivity index (χ0n) is 10.5. The average Bonchev–Trinajstić information content (AvgIpc) is 2.82.